The number of carbonyl (C=O) groups excluding carboxylic acids is 1. The van der Waals surface area contributed by atoms with Crippen molar-refractivity contribution in [2.45, 2.75) is 46.1 Å². The molecule has 0 spiro atoms. The quantitative estimate of drug-likeness (QED) is 0.337. The third-order valence-electron chi connectivity index (χ3n) is 4.45. The zero-order chi connectivity index (χ0) is 24.4. The molecule has 0 aliphatic carbocycles. The summed E-state index contributed by atoms with van der Waals surface area (Å²) < 4.78 is 104. The van der Waals surface area contributed by atoms with Gasteiger partial charge in [-0.3, -0.25) is 4.79 Å². The minimum Gasteiger partial charge on any atom is -0.460 e. The molecule has 2 rings (SSSR count). The van der Waals surface area contributed by atoms with Gasteiger partial charge in [-0.1, -0.05) is 20.8 Å². The Hall–Kier alpha value is -2.76. The van der Waals surface area contributed by atoms with Crippen LogP contribution in [0.3, 0.4) is 0 Å². The van der Waals surface area contributed by atoms with E-state index in [1.807, 2.05) is 0 Å². The lowest BCUT2D eigenvalue weighted by molar-refractivity contribution is -0.149. The number of halogens is 7. The molecule has 176 valence electrons. The van der Waals surface area contributed by atoms with Crippen LogP contribution in [0.25, 0.3) is 0 Å². The maximum absolute atomic E-state index is 14.2. The van der Waals surface area contributed by atoms with Gasteiger partial charge < -0.3 is 9.47 Å². The number of hydrogen-bond donors (Lipinski definition) is 0. The van der Waals surface area contributed by atoms with Crippen molar-refractivity contribution in [3.05, 3.63) is 58.2 Å². The zero-order valence-electron chi connectivity index (χ0n) is 17.4. The largest absolute Gasteiger partial charge is 0.460 e. The van der Waals surface area contributed by atoms with Crippen molar-refractivity contribution in [3.63, 3.8) is 0 Å². The van der Waals surface area contributed by atoms with Gasteiger partial charge in [0.25, 0.3) is 0 Å². The predicted octanol–water partition coefficient (Wildman–Crippen LogP) is 5.07. The van der Waals surface area contributed by atoms with Gasteiger partial charge in [0, 0.05) is 25.1 Å². The number of hydrogen-bond acceptors (Lipinski definition) is 5. The molecule has 12 heteroatoms. The summed E-state index contributed by atoms with van der Waals surface area (Å²) in [5, 5.41) is 0. The van der Waals surface area contributed by atoms with Gasteiger partial charge in [0.15, 0.2) is 23.3 Å². The highest BCUT2D eigenvalue weighted by molar-refractivity contribution is 5.79. The summed E-state index contributed by atoms with van der Waals surface area (Å²) in [7, 11) is 1.07. The number of esters is 1. The first-order chi connectivity index (χ1) is 14.7. The number of nitrogens with zero attached hydrogens (tertiary/aromatic N) is 2. The Kier molecular flexibility index (Phi) is 7.48. The second-order valence-electron chi connectivity index (χ2n) is 7.89. The average Bonchev–Trinajstić information content (AvgIpc) is 2.68. The van der Waals surface area contributed by atoms with Crippen LogP contribution in [0.5, 0.6) is 0 Å². The van der Waals surface area contributed by atoms with Gasteiger partial charge in [0.05, 0.1) is 23.7 Å². The Bertz CT molecular complexity index is 958. The molecule has 1 heterocycles. The van der Waals surface area contributed by atoms with Crippen LogP contribution < -0.4 is 0 Å². The summed E-state index contributed by atoms with van der Waals surface area (Å²) in [6, 6.07) is 0. The fourth-order valence-corrected chi connectivity index (χ4v) is 2.97. The number of carbonyl (C=O) groups is 1. The molecule has 0 saturated carbocycles. The molecule has 0 bridgehead atoms. The number of benzene rings is 1. The Morgan fingerprint density at radius 3 is 1.72 bits per heavy atom. The maximum atomic E-state index is 14.2. The van der Waals surface area contributed by atoms with E-state index in [1.165, 1.54) is 0 Å². The van der Waals surface area contributed by atoms with E-state index in [1.54, 1.807) is 20.8 Å². The predicted molar refractivity (Wildman–Crippen MR) is 96.0 cm³/mol. The topological polar surface area (TPSA) is 61.3 Å². The van der Waals surface area contributed by atoms with Crippen LogP contribution >= 0.6 is 0 Å². The molecule has 0 radical (unpaired) electrons. The highest BCUT2D eigenvalue weighted by Crippen LogP contribution is 2.37. The van der Waals surface area contributed by atoms with Gasteiger partial charge >= 0.3 is 12.1 Å². The number of methoxy groups -OCH3 is 1. The molecule has 1 aromatic carbocycles. The Balaban J connectivity index is 2.33. The Labute approximate surface area is 178 Å². The number of ether oxygens (including phenoxy) is 2. The minimum atomic E-state index is -4.80. The van der Waals surface area contributed by atoms with Crippen LogP contribution in [0.15, 0.2) is 12.4 Å². The first-order valence-electron chi connectivity index (χ1n) is 9.08. The standard InChI is InChI=1S/C20H19F7N2O3/c1-19(2,3)12(9-5-28-18(29-6-9)20(25,26)27)17(30)32-8-11-15(23)13(21)10(7-31-4)14(22)16(11)24/h5-6,12H,7-8H2,1-4H3. The summed E-state index contributed by atoms with van der Waals surface area (Å²) >= 11 is 0. The van der Waals surface area contributed by atoms with E-state index < -0.39 is 76.9 Å². The number of aromatic nitrogens is 2. The van der Waals surface area contributed by atoms with E-state index in [-0.39, 0.29) is 5.56 Å². The van der Waals surface area contributed by atoms with Gasteiger partial charge in [-0.15, -0.1) is 0 Å². The van der Waals surface area contributed by atoms with E-state index in [0.717, 1.165) is 19.5 Å². The van der Waals surface area contributed by atoms with E-state index >= 15 is 0 Å². The highest BCUT2D eigenvalue weighted by atomic mass is 19.4. The molecule has 0 aliphatic rings. The van der Waals surface area contributed by atoms with Crippen molar-refractivity contribution in [1.82, 2.24) is 9.97 Å². The van der Waals surface area contributed by atoms with Crippen molar-refractivity contribution < 1.29 is 45.0 Å². The van der Waals surface area contributed by atoms with E-state index in [2.05, 4.69) is 14.7 Å². The van der Waals surface area contributed by atoms with Crippen LogP contribution in [0, 0.1) is 28.7 Å². The van der Waals surface area contributed by atoms with Crippen molar-refractivity contribution in [1.29, 1.82) is 0 Å². The maximum Gasteiger partial charge on any atom is 0.451 e. The lowest BCUT2D eigenvalue weighted by atomic mass is 9.77. The summed E-state index contributed by atoms with van der Waals surface area (Å²) in [6.45, 7) is 2.77. The first-order valence-corrected chi connectivity index (χ1v) is 9.08. The van der Waals surface area contributed by atoms with Gasteiger partial charge in [-0.05, 0) is 5.41 Å². The molecule has 32 heavy (non-hydrogen) atoms. The van der Waals surface area contributed by atoms with E-state index in [9.17, 15) is 35.5 Å². The van der Waals surface area contributed by atoms with Crippen molar-refractivity contribution in [2.24, 2.45) is 5.41 Å². The van der Waals surface area contributed by atoms with Crippen molar-refractivity contribution in [3.8, 4) is 0 Å². The molecule has 0 amide bonds. The number of alkyl halides is 3. The van der Waals surface area contributed by atoms with E-state index in [0.29, 0.717) is 0 Å². The summed E-state index contributed by atoms with van der Waals surface area (Å²) in [4.78, 5) is 19.0. The smallest absolute Gasteiger partial charge is 0.451 e. The van der Waals surface area contributed by atoms with Gasteiger partial charge in [-0.25, -0.2) is 27.5 Å². The zero-order valence-corrected chi connectivity index (χ0v) is 17.4. The van der Waals surface area contributed by atoms with Crippen LogP contribution in [-0.2, 0) is 33.7 Å². The highest BCUT2D eigenvalue weighted by Gasteiger charge is 2.38. The SMILES string of the molecule is COCc1c(F)c(F)c(COC(=O)C(c2cnc(C(F)(F)F)nc2)C(C)(C)C)c(F)c1F. The molecule has 0 saturated heterocycles. The van der Waals surface area contributed by atoms with Crippen LogP contribution in [-0.4, -0.2) is 23.0 Å². The summed E-state index contributed by atoms with van der Waals surface area (Å²) in [5.74, 6) is -10.7. The second-order valence-corrected chi connectivity index (χ2v) is 7.89. The summed E-state index contributed by atoms with van der Waals surface area (Å²) in [5.41, 5.74) is -3.13. The van der Waals surface area contributed by atoms with Gasteiger partial charge in [-0.2, -0.15) is 13.2 Å². The van der Waals surface area contributed by atoms with Gasteiger partial charge in [0.1, 0.15) is 6.61 Å². The Morgan fingerprint density at radius 2 is 1.34 bits per heavy atom. The third kappa shape index (κ3) is 5.34. The summed E-state index contributed by atoms with van der Waals surface area (Å²) in [6.07, 6.45) is -3.23. The molecular formula is C20H19F7N2O3. The fourth-order valence-electron chi connectivity index (χ4n) is 2.97. The molecule has 0 N–H and O–H groups in total. The molecule has 1 unspecified atom stereocenters. The first kappa shape index (κ1) is 25.5. The molecule has 1 aromatic heterocycles. The lowest BCUT2D eigenvalue weighted by Gasteiger charge is -2.29. The molecule has 0 fully saturated rings. The van der Waals surface area contributed by atoms with Crippen molar-refractivity contribution >= 4 is 5.97 Å². The lowest BCUT2D eigenvalue weighted by Crippen LogP contribution is -2.29. The Morgan fingerprint density at radius 1 is 0.906 bits per heavy atom. The fraction of sp³-hybridized carbons (Fsp3) is 0.450. The normalized spacial score (nSPS) is 13.2. The minimum absolute atomic E-state index is 0.0516. The average molecular weight is 468 g/mol. The van der Waals surface area contributed by atoms with Crippen molar-refractivity contribution in [2.75, 3.05) is 7.11 Å². The molecule has 0 aliphatic heterocycles. The van der Waals surface area contributed by atoms with Crippen LogP contribution in [0.4, 0.5) is 30.7 Å². The van der Waals surface area contributed by atoms with E-state index in [4.69, 9.17) is 4.74 Å². The van der Waals surface area contributed by atoms with Gasteiger partial charge in [0.2, 0.25) is 5.82 Å². The second kappa shape index (κ2) is 9.39. The number of rotatable bonds is 6. The van der Waals surface area contributed by atoms with Crippen LogP contribution in [0.1, 0.15) is 49.2 Å². The molecule has 2 aromatic rings. The molecule has 5 nitrogen and oxygen atoms in total. The third-order valence-corrected chi connectivity index (χ3v) is 4.45. The molecular weight excluding hydrogens is 449 g/mol. The molecule has 1 atom stereocenters. The van der Waals surface area contributed by atoms with Crippen LogP contribution in [0.2, 0.25) is 0 Å². The monoisotopic (exact) mass is 468 g/mol.